The lowest BCUT2D eigenvalue weighted by atomic mass is 9.94. The number of aryl methyl sites for hydroxylation is 1. The summed E-state index contributed by atoms with van der Waals surface area (Å²) in [6, 6.07) is 1.97. The third kappa shape index (κ3) is 3.65. The number of allylic oxidation sites excluding steroid dienone is 2. The molecular weight excluding hydrogens is 296 g/mol. The van der Waals surface area contributed by atoms with Crippen LogP contribution in [0.15, 0.2) is 33.4 Å². The van der Waals surface area contributed by atoms with Gasteiger partial charge in [0.25, 0.3) is 0 Å². The minimum Gasteiger partial charge on any atom is -0.441 e. The van der Waals surface area contributed by atoms with Gasteiger partial charge in [0.15, 0.2) is 0 Å². The molecule has 2 heterocycles. The number of thiophene rings is 1. The number of amides is 1. The van der Waals surface area contributed by atoms with Crippen molar-refractivity contribution in [1.82, 2.24) is 10.3 Å². The van der Waals surface area contributed by atoms with Crippen molar-refractivity contribution in [2.24, 2.45) is 5.92 Å². The van der Waals surface area contributed by atoms with E-state index in [-0.39, 0.29) is 12.3 Å². The fourth-order valence-corrected chi connectivity index (χ4v) is 3.25. The highest BCUT2D eigenvalue weighted by Crippen LogP contribution is 2.24. The third-order valence-electron chi connectivity index (χ3n) is 3.95. The number of aromatic nitrogens is 1. The van der Waals surface area contributed by atoms with Crippen LogP contribution in [0.4, 0.5) is 0 Å². The van der Waals surface area contributed by atoms with Crippen molar-refractivity contribution in [3.05, 3.63) is 40.4 Å². The highest BCUT2D eigenvalue weighted by Gasteiger charge is 2.16. The first-order valence-corrected chi connectivity index (χ1v) is 8.57. The quantitative estimate of drug-likeness (QED) is 0.855. The topological polar surface area (TPSA) is 55.1 Å². The Hall–Kier alpha value is -1.88. The molecule has 2 aromatic rings. The fraction of sp³-hybridized carbons (Fsp3) is 0.412. The Morgan fingerprint density at radius 1 is 1.50 bits per heavy atom. The molecule has 0 bridgehead atoms. The lowest BCUT2D eigenvalue weighted by Gasteiger charge is -2.17. The van der Waals surface area contributed by atoms with E-state index < -0.39 is 0 Å². The van der Waals surface area contributed by atoms with Gasteiger partial charge in [0.1, 0.15) is 5.76 Å². The highest BCUT2D eigenvalue weighted by atomic mass is 32.1. The second kappa shape index (κ2) is 6.92. The van der Waals surface area contributed by atoms with Gasteiger partial charge in [-0.3, -0.25) is 4.79 Å². The van der Waals surface area contributed by atoms with E-state index in [1.165, 1.54) is 0 Å². The summed E-state index contributed by atoms with van der Waals surface area (Å²) in [5.74, 6) is 1.90. The molecule has 1 aliphatic carbocycles. The number of rotatable bonds is 5. The van der Waals surface area contributed by atoms with Gasteiger partial charge in [-0.05, 0) is 43.6 Å². The number of nitrogens with zero attached hydrogens (tertiary/aromatic N) is 1. The Labute approximate surface area is 134 Å². The standard InChI is InChI=1S/C17H20N2O2S/c1-12-15(19-17(21-12)14-7-8-22-11-14)9-16(20)18-10-13-5-3-2-4-6-13/h2-3,7-8,11,13H,4-6,9-10H2,1H3,(H,18,20). The first-order valence-electron chi connectivity index (χ1n) is 7.63. The Balaban J connectivity index is 1.56. The van der Waals surface area contributed by atoms with E-state index in [0.29, 0.717) is 11.8 Å². The number of hydrogen-bond acceptors (Lipinski definition) is 4. The number of hydrogen-bond donors (Lipinski definition) is 1. The van der Waals surface area contributed by atoms with Crippen molar-refractivity contribution in [3.8, 4) is 11.5 Å². The van der Waals surface area contributed by atoms with Gasteiger partial charge in [0.2, 0.25) is 11.8 Å². The molecule has 4 nitrogen and oxygen atoms in total. The molecule has 1 aliphatic rings. The van der Waals surface area contributed by atoms with E-state index in [9.17, 15) is 4.79 Å². The minimum absolute atomic E-state index is 0.0165. The molecular formula is C17H20N2O2S. The van der Waals surface area contributed by atoms with E-state index >= 15 is 0 Å². The molecule has 5 heteroatoms. The normalized spacial score (nSPS) is 17.6. The third-order valence-corrected chi connectivity index (χ3v) is 4.64. The summed E-state index contributed by atoms with van der Waals surface area (Å²) in [4.78, 5) is 16.5. The van der Waals surface area contributed by atoms with Gasteiger partial charge >= 0.3 is 0 Å². The van der Waals surface area contributed by atoms with Gasteiger partial charge in [0, 0.05) is 17.5 Å². The molecule has 1 unspecified atom stereocenters. The van der Waals surface area contributed by atoms with Gasteiger partial charge < -0.3 is 9.73 Å². The summed E-state index contributed by atoms with van der Waals surface area (Å²) >= 11 is 1.60. The van der Waals surface area contributed by atoms with Crippen LogP contribution in [-0.4, -0.2) is 17.4 Å². The molecule has 0 spiro atoms. The van der Waals surface area contributed by atoms with Crippen LogP contribution in [0, 0.1) is 12.8 Å². The molecule has 0 radical (unpaired) electrons. The van der Waals surface area contributed by atoms with Gasteiger partial charge in [0.05, 0.1) is 12.1 Å². The number of carbonyl (C=O) groups is 1. The number of oxazole rings is 1. The van der Waals surface area contributed by atoms with Crippen LogP contribution in [0.2, 0.25) is 0 Å². The van der Waals surface area contributed by atoms with Gasteiger partial charge in [-0.1, -0.05) is 12.2 Å². The summed E-state index contributed by atoms with van der Waals surface area (Å²) in [5.41, 5.74) is 1.69. The van der Waals surface area contributed by atoms with Crippen LogP contribution in [0.1, 0.15) is 30.7 Å². The van der Waals surface area contributed by atoms with Crippen LogP contribution >= 0.6 is 11.3 Å². The first-order chi connectivity index (χ1) is 10.7. The molecule has 22 heavy (non-hydrogen) atoms. The minimum atomic E-state index is 0.0165. The molecule has 3 rings (SSSR count). The summed E-state index contributed by atoms with van der Waals surface area (Å²) in [5, 5.41) is 7.00. The monoisotopic (exact) mass is 316 g/mol. The Bertz CT molecular complexity index is 658. The van der Waals surface area contributed by atoms with Crippen LogP contribution in [0.25, 0.3) is 11.5 Å². The molecule has 1 atom stereocenters. The summed E-state index contributed by atoms with van der Waals surface area (Å²) in [6.45, 7) is 2.61. The zero-order valence-electron chi connectivity index (χ0n) is 12.7. The molecule has 0 saturated heterocycles. The lowest BCUT2D eigenvalue weighted by molar-refractivity contribution is -0.120. The summed E-state index contributed by atoms with van der Waals surface area (Å²) < 4.78 is 5.66. The molecule has 0 aliphatic heterocycles. The lowest BCUT2D eigenvalue weighted by Crippen LogP contribution is -2.31. The fourth-order valence-electron chi connectivity index (χ4n) is 2.62. The Morgan fingerprint density at radius 2 is 2.41 bits per heavy atom. The zero-order chi connectivity index (χ0) is 15.4. The molecule has 0 saturated carbocycles. The van der Waals surface area contributed by atoms with Gasteiger partial charge in [-0.15, -0.1) is 0 Å². The van der Waals surface area contributed by atoms with Crippen molar-refractivity contribution in [1.29, 1.82) is 0 Å². The first kappa shape index (κ1) is 15.0. The van der Waals surface area contributed by atoms with E-state index in [0.717, 1.165) is 42.8 Å². The maximum atomic E-state index is 12.1. The van der Waals surface area contributed by atoms with E-state index in [1.54, 1.807) is 11.3 Å². The number of nitrogens with one attached hydrogen (secondary N) is 1. The predicted octanol–water partition coefficient (Wildman–Crippen LogP) is 3.73. The second-order valence-electron chi connectivity index (χ2n) is 5.67. The van der Waals surface area contributed by atoms with Crippen molar-refractivity contribution >= 4 is 17.2 Å². The molecule has 1 N–H and O–H groups in total. The predicted molar refractivity (Wildman–Crippen MR) is 87.7 cm³/mol. The smallest absolute Gasteiger partial charge is 0.227 e. The van der Waals surface area contributed by atoms with Gasteiger partial charge in [-0.2, -0.15) is 11.3 Å². The average molecular weight is 316 g/mol. The highest BCUT2D eigenvalue weighted by molar-refractivity contribution is 7.08. The number of carbonyl (C=O) groups excluding carboxylic acids is 1. The van der Waals surface area contributed by atoms with E-state index in [2.05, 4.69) is 22.5 Å². The SMILES string of the molecule is Cc1oc(-c2ccsc2)nc1CC(=O)NCC1CC=CCC1. The van der Waals surface area contributed by atoms with Gasteiger partial charge in [-0.25, -0.2) is 4.98 Å². The average Bonchev–Trinajstić information content (AvgIpc) is 3.17. The van der Waals surface area contributed by atoms with Crippen LogP contribution in [-0.2, 0) is 11.2 Å². The van der Waals surface area contributed by atoms with Crippen molar-refractivity contribution in [2.45, 2.75) is 32.6 Å². The maximum Gasteiger partial charge on any atom is 0.227 e. The van der Waals surface area contributed by atoms with Crippen molar-refractivity contribution in [2.75, 3.05) is 6.54 Å². The Kier molecular flexibility index (Phi) is 4.73. The molecule has 116 valence electrons. The summed E-state index contributed by atoms with van der Waals surface area (Å²) in [7, 11) is 0. The zero-order valence-corrected chi connectivity index (χ0v) is 13.5. The van der Waals surface area contributed by atoms with Crippen LogP contribution in [0.5, 0.6) is 0 Å². The maximum absolute atomic E-state index is 12.1. The molecule has 0 fully saturated rings. The molecule has 0 aromatic carbocycles. The summed E-state index contributed by atoms with van der Waals surface area (Å²) in [6.07, 6.45) is 8.03. The van der Waals surface area contributed by atoms with Crippen molar-refractivity contribution < 1.29 is 9.21 Å². The van der Waals surface area contributed by atoms with E-state index in [1.807, 2.05) is 23.8 Å². The largest absolute Gasteiger partial charge is 0.441 e. The molecule has 2 aromatic heterocycles. The van der Waals surface area contributed by atoms with Crippen molar-refractivity contribution in [3.63, 3.8) is 0 Å². The van der Waals surface area contributed by atoms with E-state index in [4.69, 9.17) is 4.42 Å². The van der Waals surface area contributed by atoms with Crippen LogP contribution < -0.4 is 5.32 Å². The molecule has 1 amide bonds. The second-order valence-corrected chi connectivity index (χ2v) is 6.45. The Morgan fingerprint density at radius 3 is 3.14 bits per heavy atom. The van der Waals surface area contributed by atoms with Crippen LogP contribution in [0.3, 0.4) is 0 Å².